The van der Waals surface area contributed by atoms with Crippen LogP contribution in [0.15, 0.2) is 0 Å². The molecular formula is C23H50N6O2. The molecule has 0 saturated carbocycles. The van der Waals surface area contributed by atoms with Gasteiger partial charge in [0.2, 0.25) is 0 Å². The van der Waals surface area contributed by atoms with Crippen LogP contribution in [0.5, 0.6) is 0 Å². The lowest BCUT2D eigenvalue weighted by molar-refractivity contribution is -0.137. The summed E-state index contributed by atoms with van der Waals surface area (Å²) in [4.78, 5) is 10.3. The summed E-state index contributed by atoms with van der Waals surface area (Å²) in [7, 11) is 0. The van der Waals surface area contributed by atoms with Gasteiger partial charge in [0.1, 0.15) is 0 Å². The zero-order chi connectivity index (χ0) is 23.7. The van der Waals surface area contributed by atoms with Gasteiger partial charge >= 0.3 is 5.97 Å². The van der Waals surface area contributed by atoms with Crippen LogP contribution in [0.3, 0.4) is 0 Å². The molecule has 0 rings (SSSR count). The number of carbonyl (C=O) groups is 1. The average molecular weight is 443 g/mol. The van der Waals surface area contributed by atoms with Gasteiger partial charge in [0, 0.05) is 6.42 Å². The molecule has 0 spiro atoms. The molecule has 0 aliphatic heterocycles. The van der Waals surface area contributed by atoms with Gasteiger partial charge in [-0.2, -0.15) is 0 Å². The first-order valence-electron chi connectivity index (χ1n) is 12.3. The van der Waals surface area contributed by atoms with Crippen molar-refractivity contribution in [2.45, 2.75) is 129 Å². The Morgan fingerprint density at radius 3 is 1.52 bits per heavy atom. The molecule has 8 nitrogen and oxygen atoms in total. The van der Waals surface area contributed by atoms with E-state index < -0.39 is 5.97 Å². The predicted octanol–water partition coefficient (Wildman–Crippen LogP) is 5.02. The lowest BCUT2D eigenvalue weighted by Gasteiger charge is -2.13. The maximum atomic E-state index is 10.3. The van der Waals surface area contributed by atoms with Crippen LogP contribution in [0.25, 0.3) is 0 Å². The second-order valence-electron chi connectivity index (χ2n) is 8.17. The van der Waals surface area contributed by atoms with Crippen molar-refractivity contribution in [3.05, 3.63) is 0 Å². The van der Waals surface area contributed by atoms with Gasteiger partial charge in [0.05, 0.1) is 6.17 Å². The summed E-state index contributed by atoms with van der Waals surface area (Å²) in [5.74, 6) is -0.975. The van der Waals surface area contributed by atoms with Gasteiger partial charge < -0.3 is 21.9 Å². The van der Waals surface area contributed by atoms with Crippen molar-refractivity contribution in [2.75, 3.05) is 0 Å². The number of nitrogens with two attached hydrogens (primary N) is 2. The van der Waals surface area contributed by atoms with E-state index in [-0.39, 0.29) is 18.1 Å². The minimum atomic E-state index is -0.653. The number of carboxylic acid groups (broad SMARTS) is 1. The average Bonchev–Trinajstić information content (AvgIpc) is 2.70. The predicted molar refractivity (Wildman–Crippen MR) is 131 cm³/mol. The van der Waals surface area contributed by atoms with Crippen molar-refractivity contribution in [1.82, 2.24) is 10.6 Å². The lowest BCUT2D eigenvalue weighted by atomic mass is 10.0. The normalized spacial score (nSPS) is 11.2. The minimum absolute atomic E-state index is 0.0492. The Morgan fingerprint density at radius 1 is 0.806 bits per heavy atom. The SMILES string of the molecule is CCC(N)NC(=N)NC(=N)N.CCCCCCCCCCCCCCCCCC(=O)O. The van der Waals surface area contributed by atoms with E-state index in [1.165, 1.54) is 83.5 Å². The monoisotopic (exact) mass is 442 g/mol. The first kappa shape index (κ1) is 31.4. The molecule has 1 unspecified atom stereocenters. The molecule has 0 aliphatic carbocycles. The molecule has 9 N–H and O–H groups in total. The fourth-order valence-electron chi connectivity index (χ4n) is 3.11. The van der Waals surface area contributed by atoms with Crippen molar-refractivity contribution in [3.8, 4) is 0 Å². The molecule has 8 heteroatoms. The first-order chi connectivity index (χ1) is 14.8. The Bertz CT molecular complexity index is 446. The van der Waals surface area contributed by atoms with Crippen molar-refractivity contribution in [1.29, 1.82) is 10.8 Å². The third kappa shape index (κ3) is 30.5. The Kier molecular flexibility index (Phi) is 24.7. The summed E-state index contributed by atoms with van der Waals surface area (Å²) in [6.45, 7) is 4.16. The highest BCUT2D eigenvalue weighted by atomic mass is 16.4. The smallest absolute Gasteiger partial charge is 0.303 e. The second kappa shape index (κ2) is 24.4. The Balaban J connectivity index is 0. The van der Waals surface area contributed by atoms with Crippen molar-refractivity contribution in [3.63, 3.8) is 0 Å². The third-order valence-electron chi connectivity index (χ3n) is 5.02. The number of aliphatic carboxylic acids is 1. The van der Waals surface area contributed by atoms with Crippen LogP contribution in [-0.2, 0) is 4.79 Å². The maximum Gasteiger partial charge on any atom is 0.303 e. The van der Waals surface area contributed by atoms with E-state index in [1.807, 2.05) is 6.92 Å². The molecular weight excluding hydrogens is 392 g/mol. The summed E-state index contributed by atoms with van der Waals surface area (Å²) in [5.41, 5.74) is 10.4. The van der Waals surface area contributed by atoms with E-state index in [1.54, 1.807) is 0 Å². The highest BCUT2D eigenvalue weighted by molar-refractivity contribution is 5.94. The minimum Gasteiger partial charge on any atom is -0.481 e. The largest absolute Gasteiger partial charge is 0.481 e. The summed E-state index contributed by atoms with van der Waals surface area (Å²) in [5, 5.41) is 27.3. The van der Waals surface area contributed by atoms with Crippen LogP contribution in [0.1, 0.15) is 123 Å². The number of nitrogens with one attached hydrogen (secondary N) is 4. The number of hydrogen-bond acceptors (Lipinski definition) is 4. The fourth-order valence-corrected chi connectivity index (χ4v) is 3.11. The van der Waals surface area contributed by atoms with E-state index in [2.05, 4.69) is 17.6 Å². The third-order valence-corrected chi connectivity index (χ3v) is 5.02. The quantitative estimate of drug-likeness (QED) is 0.0682. The highest BCUT2D eigenvalue weighted by Gasteiger charge is 2.01. The van der Waals surface area contributed by atoms with Crippen LogP contribution in [-0.4, -0.2) is 29.2 Å². The summed E-state index contributed by atoms with van der Waals surface area (Å²) in [6, 6.07) is 0. The molecule has 0 aromatic rings. The van der Waals surface area contributed by atoms with Gasteiger partial charge in [-0.1, -0.05) is 104 Å². The zero-order valence-electron chi connectivity index (χ0n) is 20.1. The lowest BCUT2D eigenvalue weighted by Crippen LogP contribution is -2.50. The fraction of sp³-hybridized carbons (Fsp3) is 0.870. The summed E-state index contributed by atoms with van der Waals surface area (Å²) < 4.78 is 0. The zero-order valence-corrected chi connectivity index (χ0v) is 20.1. The van der Waals surface area contributed by atoms with Gasteiger partial charge in [0.15, 0.2) is 11.9 Å². The van der Waals surface area contributed by atoms with E-state index in [9.17, 15) is 4.79 Å². The molecule has 0 aromatic carbocycles. The molecule has 0 amide bonds. The van der Waals surface area contributed by atoms with Gasteiger partial charge in [0.25, 0.3) is 0 Å². The number of rotatable bonds is 18. The molecule has 1 atom stereocenters. The van der Waals surface area contributed by atoms with E-state index in [0.717, 1.165) is 12.8 Å². The molecule has 0 bridgehead atoms. The Hall–Kier alpha value is -1.83. The van der Waals surface area contributed by atoms with Crippen molar-refractivity contribution < 1.29 is 9.90 Å². The molecule has 0 fully saturated rings. The van der Waals surface area contributed by atoms with Gasteiger partial charge in [-0.05, 0) is 12.8 Å². The van der Waals surface area contributed by atoms with Gasteiger partial charge in [-0.25, -0.2) is 0 Å². The second-order valence-corrected chi connectivity index (χ2v) is 8.17. The standard InChI is InChI=1S/C18H36O2.C5H14N6/c1-2-3-4-5-6-7-8-9-10-11-12-13-14-15-16-17-18(19)20;1-2-3(6)10-5(9)11-4(7)8/h2-17H2,1H3,(H,19,20);3H,2,6H2,1H3,(H6,7,8,9,10,11). The van der Waals surface area contributed by atoms with Gasteiger partial charge in [-0.3, -0.25) is 20.9 Å². The Labute approximate surface area is 190 Å². The molecule has 0 radical (unpaired) electrons. The molecule has 0 heterocycles. The maximum absolute atomic E-state index is 10.3. The van der Waals surface area contributed by atoms with Crippen LogP contribution in [0.4, 0.5) is 0 Å². The molecule has 0 aromatic heterocycles. The van der Waals surface area contributed by atoms with Crippen LogP contribution in [0.2, 0.25) is 0 Å². The number of guanidine groups is 2. The topological polar surface area (TPSA) is 161 Å². The number of unbranched alkanes of at least 4 members (excludes halogenated alkanes) is 14. The Morgan fingerprint density at radius 2 is 1.19 bits per heavy atom. The molecule has 31 heavy (non-hydrogen) atoms. The number of hydrogen-bond donors (Lipinski definition) is 7. The van der Waals surface area contributed by atoms with Gasteiger partial charge in [-0.15, -0.1) is 0 Å². The van der Waals surface area contributed by atoms with E-state index in [0.29, 0.717) is 12.8 Å². The molecule has 0 saturated heterocycles. The molecule has 0 aliphatic rings. The summed E-state index contributed by atoms with van der Waals surface area (Å²) >= 11 is 0. The summed E-state index contributed by atoms with van der Waals surface area (Å²) in [6.07, 6.45) is 20.6. The molecule has 184 valence electrons. The van der Waals surface area contributed by atoms with E-state index >= 15 is 0 Å². The number of carboxylic acids is 1. The first-order valence-corrected chi connectivity index (χ1v) is 12.3. The van der Waals surface area contributed by atoms with E-state index in [4.69, 9.17) is 27.4 Å². The van der Waals surface area contributed by atoms with Crippen molar-refractivity contribution in [2.24, 2.45) is 11.5 Å². The highest BCUT2D eigenvalue weighted by Crippen LogP contribution is 2.13. The van der Waals surface area contributed by atoms with Crippen LogP contribution >= 0.6 is 0 Å². The van der Waals surface area contributed by atoms with Crippen molar-refractivity contribution >= 4 is 17.9 Å². The van der Waals surface area contributed by atoms with Crippen LogP contribution in [0, 0.1) is 10.8 Å². The van der Waals surface area contributed by atoms with Crippen LogP contribution < -0.4 is 22.1 Å².